The Bertz CT molecular complexity index is 357. The maximum atomic E-state index is 11.8. The van der Waals surface area contributed by atoms with Gasteiger partial charge in [0.05, 0.1) is 6.54 Å². The zero-order valence-corrected chi connectivity index (χ0v) is 14.8. The van der Waals surface area contributed by atoms with Crippen molar-refractivity contribution in [2.75, 3.05) is 26.7 Å². The molecule has 3 amide bonds. The largest absolute Gasteiger partial charge is 0.335 e. The SMILES string of the molecule is CN(CC(=O)NC(=O)NC1CCCCC1)CC(C)(C)CN.Cl. The molecule has 0 aromatic heterocycles. The fourth-order valence-electron chi connectivity index (χ4n) is 2.73. The summed E-state index contributed by atoms with van der Waals surface area (Å²) in [6.45, 7) is 5.57. The first-order chi connectivity index (χ1) is 9.82. The second-order valence-corrected chi connectivity index (χ2v) is 6.90. The Morgan fingerprint density at radius 1 is 1.23 bits per heavy atom. The Labute approximate surface area is 140 Å². The van der Waals surface area contributed by atoms with Gasteiger partial charge in [-0.3, -0.25) is 15.0 Å². The molecule has 0 aromatic carbocycles. The summed E-state index contributed by atoms with van der Waals surface area (Å²) in [5, 5.41) is 5.27. The summed E-state index contributed by atoms with van der Waals surface area (Å²) < 4.78 is 0. The molecule has 0 unspecified atom stereocenters. The van der Waals surface area contributed by atoms with Crippen LogP contribution in [0.2, 0.25) is 0 Å². The lowest BCUT2D eigenvalue weighted by Gasteiger charge is -2.28. The Morgan fingerprint density at radius 2 is 1.82 bits per heavy atom. The molecule has 22 heavy (non-hydrogen) atoms. The van der Waals surface area contributed by atoms with Crippen molar-refractivity contribution in [3.8, 4) is 0 Å². The first-order valence-electron chi connectivity index (χ1n) is 7.81. The van der Waals surface area contributed by atoms with Crippen molar-refractivity contribution in [3.05, 3.63) is 0 Å². The summed E-state index contributed by atoms with van der Waals surface area (Å²) in [4.78, 5) is 25.5. The molecule has 130 valence electrons. The van der Waals surface area contributed by atoms with E-state index in [9.17, 15) is 9.59 Å². The Hall–Kier alpha value is -0.850. The van der Waals surface area contributed by atoms with Crippen LogP contribution in [-0.2, 0) is 4.79 Å². The number of imide groups is 1. The Balaban J connectivity index is 0.00000441. The molecule has 0 radical (unpaired) electrons. The van der Waals surface area contributed by atoms with E-state index in [0.29, 0.717) is 13.1 Å². The highest BCUT2D eigenvalue weighted by Crippen LogP contribution is 2.17. The van der Waals surface area contributed by atoms with Crippen molar-refractivity contribution < 1.29 is 9.59 Å². The minimum atomic E-state index is -0.376. The Kier molecular flexibility index (Phi) is 9.64. The van der Waals surface area contributed by atoms with Gasteiger partial charge in [0.2, 0.25) is 5.91 Å². The van der Waals surface area contributed by atoms with E-state index in [1.807, 2.05) is 11.9 Å². The standard InChI is InChI=1S/C15H30N4O2.ClH/c1-15(2,10-16)11-19(3)9-13(20)18-14(21)17-12-7-5-4-6-8-12;/h12H,4-11,16H2,1-3H3,(H2,17,18,20,21);1H. The average Bonchev–Trinajstić information content (AvgIpc) is 2.38. The highest BCUT2D eigenvalue weighted by atomic mass is 35.5. The van der Waals surface area contributed by atoms with Crippen molar-refractivity contribution in [3.63, 3.8) is 0 Å². The van der Waals surface area contributed by atoms with Crippen LogP contribution in [0.15, 0.2) is 0 Å². The van der Waals surface area contributed by atoms with E-state index >= 15 is 0 Å². The molecule has 6 nitrogen and oxygen atoms in total. The molecule has 1 aliphatic carbocycles. The second kappa shape index (κ2) is 10.0. The van der Waals surface area contributed by atoms with E-state index in [-0.39, 0.29) is 42.3 Å². The van der Waals surface area contributed by atoms with Crippen LogP contribution in [0.25, 0.3) is 0 Å². The molecule has 7 heteroatoms. The van der Waals surface area contributed by atoms with Crippen molar-refractivity contribution in [1.82, 2.24) is 15.5 Å². The van der Waals surface area contributed by atoms with E-state index < -0.39 is 0 Å². The summed E-state index contributed by atoms with van der Waals surface area (Å²) >= 11 is 0. The second-order valence-electron chi connectivity index (χ2n) is 6.90. The number of nitrogens with two attached hydrogens (primary N) is 1. The molecular weight excluding hydrogens is 304 g/mol. The van der Waals surface area contributed by atoms with Gasteiger partial charge in [0.1, 0.15) is 0 Å². The minimum Gasteiger partial charge on any atom is -0.335 e. The molecule has 0 bridgehead atoms. The lowest BCUT2D eigenvalue weighted by atomic mass is 9.93. The monoisotopic (exact) mass is 334 g/mol. The van der Waals surface area contributed by atoms with E-state index in [0.717, 1.165) is 25.7 Å². The molecule has 1 rings (SSSR count). The van der Waals surface area contributed by atoms with Crippen LogP contribution in [0, 0.1) is 5.41 Å². The van der Waals surface area contributed by atoms with Gasteiger partial charge in [-0.25, -0.2) is 4.79 Å². The molecule has 1 saturated carbocycles. The third-order valence-corrected chi connectivity index (χ3v) is 3.86. The number of nitrogens with one attached hydrogen (secondary N) is 2. The lowest BCUT2D eigenvalue weighted by molar-refractivity contribution is -0.121. The topological polar surface area (TPSA) is 87.5 Å². The predicted octanol–water partition coefficient (Wildman–Crippen LogP) is 1.48. The zero-order chi connectivity index (χ0) is 15.9. The van der Waals surface area contributed by atoms with Crippen LogP contribution < -0.4 is 16.4 Å². The van der Waals surface area contributed by atoms with Gasteiger partial charge in [0, 0.05) is 12.6 Å². The highest BCUT2D eigenvalue weighted by Gasteiger charge is 2.21. The van der Waals surface area contributed by atoms with Gasteiger partial charge in [-0.2, -0.15) is 0 Å². The van der Waals surface area contributed by atoms with Crippen molar-refractivity contribution >= 4 is 24.3 Å². The molecule has 1 aliphatic rings. The number of hydrogen-bond acceptors (Lipinski definition) is 4. The molecule has 0 aliphatic heterocycles. The van der Waals surface area contributed by atoms with Crippen molar-refractivity contribution in [2.45, 2.75) is 52.0 Å². The van der Waals surface area contributed by atoms with Crippen LogP contribution in [0.5, 0.6) is 0 Å². The first kappa shape index (κ1) is 21.1. The summed E-state index contributed by atoms with van der Waals surface area (Å²) in [7, 11) is 1.86. The van der Waals surface area contributed by atoms with Crippen LogP contribution in [0.4, 0.5) is 4.79 Å². The van der Waals surface area contributed by atoms with E-state index in [1.165, 1.54) is 6.42 Å². The number of urea groups is 1. The van der Waals surface area contributed by atoms with Crippen LogP contribution in [0.1, 0.15) is 46.0 Å². The number of amides is 3. The van der Waals surface area contributed by atoms with Gasteiger partial charge in [0.25, 0.3) is 0 Å². The fourth-order valence-corrected chi connectivity index (χ4v) is 2.73. The molecule has 0 heterocycles. The van der Waals surface area contributed by atoms with Gasteiger partial charge in [0.15, 0.2) is 0 Å². The molecule has 0 atom stereocenters. The van der Waals surface area contributed by atoms with Crippen molar-refractivity contribution in [2.24, 2.45) is 11.1 Å². The predicted molar refractivity (Wildman–Crippen MR) is 91.1 cm³/mol. The maximum absolute atomic E-state index is 11.8. The number of nitrogens with zero attached hydrogens (tertiary/aromatic N) is 1. The zero-order valence-electron chi connectivity index (χ0n) is 14.0. The van der Waals surface area contributed by atoms with Gasteiger partial charge in [-0.15, -0.1) is 12.4 Å². The molecule has 1 fully saturated rings. The van der Waals surface area contributed by atoms with Crippen molar-refractivity contribution in [1.29, 1.82) is 0 Å². The third-order valence-electron chi connectivity index (χ3n) is 3.86. The first-order valence-corrected chi connectivity index (χ1v) is 7.81. The van der Waals surface area contributed by atoms with Crippen LogP contribution in [0.3, 0.4) is 0 Å². The van der Waals surface area contributed by atoms with E-state index in [4.69, 9.17) is 5.73 Å². The lowest BCUT2D eigenvalue weighted by Crippen LogP contribution is -2.48. The summed E-state index contributed by atoms with van der Waals surface area (Å²) in [6, 6.07) is -0.168. The number of hydrogen-bond donors (Lipinski definition) is 3. The van der Waals surface area contributed by atoms with Gasteiger partial charge < -0.3 is 11.1 Å². The number of rotatable bonds is 6. The van der Waals surface area contributed by atoms with Gasteiger partial charge in [-0.1, -0.05) is 33.1 Å². The summed E-state index contributed by atoms with van der Waals surface area (Å²) in [5.41, 5.74) is 5.64. The van der Waals surface area contributed by atoms with Gasteiger partial charge >= 0.3 is 6.03 Å². The summed E-state index contributed by atoms with van der Waals surface area (Å²) in [5.74, 6) is -0.279. The third kappa shape index (κ3) is 8.56. The summed E-state index contributed by atoms with van der Waals surface area (Å²) in [6.07, 6.45) is 5.55. The average molecular weight is 335 g/mol. The van der Waals surface area contributed by atoms with Crippen LogP contribution >= 0.6 is 12.4 Å². The maximum Gasteiger partial charge on any atom is 0.321 e. The van der Waals surface area contributed by atoms with Crippen LogP contribution in [-0.4, -0.2) is 49.6 Å². The molecule has 0 aromatic rings. The van der Waals surface area contributed by atoms with E-state index in [1.54, 1.807) is 0 Å². The smallest absolute Gasteiger partial charge is 0.321 e. The quantitative estimate of drug-likeness (QED) is 0.686. The molecule has 4 N–H and O–H groups in total. The molecular formula is C15H31ClN4O2. The van der Waals surface area contributed by atoms with Gasteiger partial charge in [-0.05, 0) is 31.8 Å². The number of likely N-dealkylation sites (N-methyl/N-ethyl adjacent to an activating group) is 1. The molecule has 0 saturated heterocycles. The number of carbonyl (C=O) groups excluding carboxylic acids is 2. The normalized spacial score (nSPS) is 16.0. The fraction of sp³-hybridized carbons (Fsp3) is 0.867. The Morgan fingerprint density at radius 3 is 2.36 bits per heavy atom. The number of carbonyl (C=O) groups is 2. The molecule has 0 spiro atoms. The number of halogens is 1. The van der Waals surface area contributed by atoms with E-state index in [2.05, 4.69) is 24.5 Å². The highest BCUT2D eigenvalue weighted by molar-refractivity contribution is 5.95. The minimum absolute atomic E-state index is 0.